The summed E-state index contributed by atoms with van der Waals surface area (Å²) >= 11 is 0. The molecule has 0 saturated carbocycles. The third-order valence-corrected chi connectivity index (χ3v) is 3.75. The highest BCUT2D eigenvalue weighted by Crippen LogP contribution is 2.15. The second-order valence-corrected chi connectivity index (χ2v) is 5.56. The molecule has 3 rings (SSSR count). The standard InChI is InChI=1S/C16H21N5/c1-13-7-9-18-16(19-13)20-15-6-4-10-21(12-15)11-14-5-2-3-8-17-14/h2-3,5,7-9,15H,4,6,10-12H2,1H3,(H,18,19,20). The molecule has 110 valence electrons. The predicted molar refractivity (Wildman–Crippen MR) is 82.9 cm³/mol. The zero-order chi connectivity index (χ0) is 14.5. The van der Waals surface area contributed by atoms with Crippen LogP contribution in [0.1, 0.15) is 24.2 Å². The molecule has 1 saturated heterocycles. The summed E-state index contributed by atoms with van der Waals surface area (Å²) in [5.74, 6) is 0.736. The van der Waals surface area contributed by atoms with Gasteiger partial charge in [0.05, 0.1) is 5.69 Å². The van der Waals surface area contributed by atoms with Crippen molar-refractivity contribution in [2.24, 2.45) is 0 Å². The number of nitrogens with one attached hydrogen (secondary N) is 1. The van der Waals surface area contributed by atoms with Crippen LogP contribution in [0.2, 0.25) is 0 Å². The van der Waals surface area contributed by atoms with E-state index in [1.165, 1.54) is 6.42 Å². The summed E-state index contributed by atoms with van der Waals surface area (Å²) in [6, 6.07) is 8.41. The van der Waals surface area contributed by atoms with E-state index in [1.807, 2.05) is 31.3 Å². The van der Waals surface area contributed by atoms with Crippen LogP contribution in [0.15, 0.2) is 36.7 Å². The number of rotatable bonds is 4. The third kappa shape index (κ3) is 3.98. The molecule has 2 aromatic heterocycles. The minimum Gasteiger partial charge on any atom is -0.350 e. The number of piperidine rings is 1. The molecule has 2 aromatic rings. The molecule has 1 fully saturated rings. The molecule has 21 heavy (non-hydrogen) atoms. The van der Waals surface area contributed by atoms with Crippen molar-refractivity contribution in [2.45, 2.75) is 32.4 Å². The highest BCUT2D eigenvalue weighted by atomic mass is 15.2. The van der Waals surface area contributed by atoms with Gasteiger partial charge in [0, 0.05) is 37.2 Å². The molecule has 0 spiro atoms. The lowest BCUT2D eigenvalue weighted by Crippen LogP contribution is -2.42. The Labute approximate surface area is 125 Å². The van der Waals surface area contributed by atoms with Crippen molar-refractivity contribution in [1.82, 2.24) is 19.9 Å². The number of hydrogen-bond acceptors (Lipinski definition) is 5. The van der Waals surface area contributed by atoms with Gasteiger partial charge in [0.25, 0.3) is 0 Å². The van der Waals surface area contributed by atoms with Crippen LogP contribution < -0.4 is 5.32 Å². The van der Waals surface area contributed by atoms with E-state index in [-0.39, 0.29) is 0 Å². The van der Waals surface area contributed by atoms with Crippen molar-refractivity contribution < 1.29 is 0 Å². The Balaban J connectivity index is 1.58. The molecule has 0 radical (unpaired) electrons. The molecule has 1 aliphatic rings. The average Bonchev–Trinajstić information content (AvgIpc) is 2.49. The lowest BCUT2D eigenvalue weighted by atomic mass is 10.1. The van der Waals surface area contributed by atoms with Gasteiger partial charge < -0.3 is 5.32 Å². The molecule has 0 amide bonds. The van der Waals surface area contributed by atoms with Gasteiger partial charge in [-0.2, -0.15) is 0 Å². The van der Waals surface area contributed by atoms with E-state index in [9.17, 15) is 0 Å². The number of likely N-dealkylation sites (tertiary alicyclic amines) is 1. The fraction of sp³-hybridized carbons (Fsp3) is 0.438. The van der Waals surface area contributed by atoms with E-state index in [0.29, 0.717) is 6.04 Å². The quantitative estimate of drug-likeness (QED) is 0.932. The van der Waals surface area contributed by atoms with E-state index >= 15 is 0 Å². The fourth-order valence-electron chi connectivity index (χ4n) is 2.74. The van der Waals surface area contributed by atoms with Crippen LogP contribution in [0, 0.1) is 6.92 Å². The topological polar surface area (TPSA) is 53.9 Å². The maximum Gasteiger partial charge on any atom is 0.223 e. The van der Waals surface area contributed by atoms with Gasteiger partial charge in [-0.1, -0.05) is 6.07 Å². The molecule has 5 heteroatoms. The number of aromatic nitrogens is 3. The highest BCUT2D eigenvalue weighted by Gasteiger charge is 2.20. The van der Waals surface area contributed by atoms with Crippen molar-refractivity contribution in [3.05, 3.63) is 48.0 Å². The largest absolute Gasteiger partial charge is 0.350 e. The van der Waals surface area contributed by atoms with Crippen molar-refractivity contribution in [3.63, 3.8) is 0 Å². The second kappa shape index (κ2) is 6.63. The summed E-state index contributed by atoms with van der Waals surface area (Å²) in [5, 5.41) is 3.45. The number of aryl methyl sites for hydroxylation is 1. The summed E-state index contributed by atoms with van der Waals surface area (Å²) < 4.78 is 0. The monoisotopic (exact) mass is 283 g/mol. The molecule has 1 N–H and O–H groups in total. The molecule has 0 aromatic carbocycles. The van der Waals surface area contributed by atoms with Crippen LogP contribution in [0.4, 0.5) is 5.95 Å². The summed E-state index contributed by atoms with van der Waals surface area (Å²) in [5.41, 5.74) is 2.12. The van der Waals surface area contributed by atoms with Gasteiger partial charge in [0.15, 0.2) is 0 Å². The van der Waals surface area contributed by atoms with Crippen LogP contribution in [-0.4, -0.2) is 39.0 Å². The summed E-state index contributed by atoms with van der Waals surface area (Å²) in [6.45, 7) is 5.03. The minimum absolute atomic E-state index is 0.407. The molecule has 1 unspecified atom stereocenters. The molecule has 3 heterocycles. The third-order valence-electron chi connectivity index (χ3n) is 3.75. The van der Waals surface area contributed by atoms with E-state index in [0.717, 1.165) is 43.4 Å². The zero-order valence-corrected chi connectivity index (χ0v) is 12.4. The van der Waals surface area contributed by atoms with Crippen LogP contribution in [0.3, 0.4) is 0 Å². The number of pyridine rings is 1. The number of hydrogen-bond donors (Lipinski definition) is 1. The molecule has 0 aliphatic carbocycles. The minimum atomic E-state index is 0.407. The zero-order valence-electron chi connectivity index (χ0n) is 12.4. The fourth-order valence-corrected chi connectivity index (χ4v) is 2.74. The molecule has 1 atom stereocenters. The van der Waals surface area contributed by atoms with Crippen molar-refractivity contribution >= 4 is 5.95 Å². The van der Waals surface area contributed by atoms with Crippen molar-refractivity contribution in [2.75, 3.05) is 18.4 Å². The first-order valence-corrected chi connectivity index (χ1v) is 7.48. The first kappa shape index (κ1) is 13.9. The van der Waals surface area contributed by atoms with Crippen LogP contribution >= 0.6 is 0 Å². The maximum atomic E-state index is 4.42. The maximum absolute atomic E-state index is 4.42. The summed E-state index contributed by atoms with van der Waals surface area (Å²) in [6.07, 6.45) is 6.01. The SMILES string of the molecule is Cc1ccnc(NC2CCCN(Cc3ccccn3)C2)n1. The lowest BCUT2D eigenvalue weighted by molar-refractivity contribution is 0.206. The Morgan fingerprint density at radius 2 is 2.19 bits per heavy atom. The molecule has 0 bridgehead atoms. The van der Waals surface area contributed by atoms with E-state index < -0.39 is 0 Å². The van der Waals surface area contributed by atoms with Gasteiger partial charge in [0.1, 0.15) is 0 Å². The van der Waals surface area contributed by atoms with Gasteiger partial charge in [-0.05, 0) is 44.5 Å². The normalized spacial score (nSPS) is 19.4. The Morgan fingerprint density at radius 3 is 3.00 bits per heavy atom. The predicted octanol–water partition coefficient (Wildman–Crippen LogP) is 2.26. The lowest BCUT2D eigenvalue weighted by Gasteiger charge is -2.32. The molecular weight excluding hydrogens is 262 g/mol. The van der Waals surface area contributed by atoms with Crippen LogP contribution in [-0.2, 0) is 6.54 Å². The Hall–Kier alpha value is -2.01. The first-order valence-electron chi connectivity index (χ1n) is 7.48. The van der Waals surface area contributed by atoms with E-state index in [2.05, 4.69) is 31.2 Å². The summed E-state index contributed by atoms with van der Waals surface area (Å²) in [7, 11) is 0. The van der Waals surface area contributed by atoms with E-state index in [4.69, 9.17) is 0 Å². The van der Waals surface area contributed by atoms with Crippen LogP contribution in [0.25, 0.3) is 0 Å². The van der Waals surface area contributed by atoms with Gasteiger partial charge >= 0.3 is 0 Å². The van der Waals surface area contributed by atoms with Crippen LogP contribution in [0.5, 0.6) is 0 Å². The van der Waals surface area contributed by atoms with Crippen molar-refractivity contribution in [3.8, 4) is 0 Å². The number of nitrogens with zero attached hydrogens (tertiary/aromatic N) is 4. The Bertz CT molecular complexity index is 572. The molecular formula is C16H21N5. The second-order valence-electron chi connectivity index (χ2n) is 5.56. The summed E-state index contributed by atoms with van der Waals surface area (Å²) in [4.78, 5) is 15.6. The highest BCUT2D eigenvalue weighted by molar-refractivity contribution is 5.26. The Morgan fingerprint density at radius 1 is 1.24 bits per heavy atom. The molecule has 1 aliphatic heterocycles. The van der Waals surface area contributed by atoms with Gasteiger partial charge in [-0.25, -0.2) is 9.97 Å². The Kier molecular flexibility index (Phi) is 4.40. The van der Waals surface area contributed by atoms with Gasteiger partial charge in [-0.3, -0.25) is 9.88 Å². The average molecular weight is 283 g/mol. The smallest absolute Gasteiger partial charge is 0.223 e. The van der Waals surface area contributed by atoms with Gasteiger partial charge in [0.2, 0.25) is 5.95 Å². The molecule has 5 nitrogen and oxygen atoms in total. The van der Waals surface area contributed by atoms with Gasteiger partial charge in [-0.15, -0.1) is 0 Å². The van der Waals surface area contributed by atoms with Crippen molar-refractivity contribution in [1.29, 1.82) is 0 Å². The van der Waals surface area contributed by atoms with E-state index in [1.54, 1.807) is 6.20 Å². The number of anilines is 1. The first-order chi connectivity index (χ1) is 10.3.